The topological polar surface area (TPSA) is 35.6 Å². The van der Waals surface area contributed by atoms with Crippen molar-refractivity contribution in [2.24, 2.45) is 5.92 Å². The Labute approximate surface area is 201 Å². The summed E-state index contributed by atoms with van der Waals surface area (Å²) in [6.45, 7) is 1.37. The van der Waals surface area contributed by atoms with Crippen LogP contribution in [0.25, 0.3) is 0 Å². The minimum atomic E-state index is -0.296. The molecule has 0 saturated carbocycles. The first kappa shape index (κ1) is 22.9. The van der Waals surface area contributed by atoms with E-state index < -0.39 is 0 Å². The first-order chi connectivity index (χ1) is 15.4. The molecule has 1 aliphatic rings. The summed E-state index contributed by atoms with van der Waals surface area (Å²) in [5.41, 5.74) is 2.33. The van der Waals surface area contributed by atoms with Crippen molar-refractivity contribution in [2.75, 3.05) is 29.7 Å². The smallest absolute Gasteiger partial charge is 0.230 e. The second-order valence-corrected chi connectivity index (χ2v) is 9.29. The highest BCUT2D eigenvalue weighted by Gasteiger charge is 2.35. The van der Waals surface area contributed by atoms with E-state index in [1.807, 2.05) is 52.7 Å². The van der Waals surface area contributed by atoms with Crippen LogP contribution in [0.4, 0.5) is 15.8 Å². The molecule has 1 heterocycles. The molecular formula is C24H22Cl2FN3OS. The van der Waals surface area contributed by atoms with Gasteiger partial charge in [-0.2, -0.15) is 0 Å². The number of nitrogens with zero attached hydrogens (tertiary/aromatic N) is 2. The molecule has 0 bridgehead atoms. The Morgan fingerprint density at radius 1 is 1.09 bits per heavy atom. The summed E-state index contributed by atoms with van der Waals surface area (Å²) >= 11 is 14.2. The molecule has 1 N–H and O–H groups in total. The highest BCUT2D eigenvalue weighted by atomic mass is 35.5. The number of hydrazine groups is 1. The van der Waals surface area contributed by atoms with E-state index in [0.29, 0.717) is 29.7 Å². The van der Waals surface area contributed by atoms with E-state index in [2.05, 4.69) is 5.32 Å². The fourth-order valence-electron chi connectivity index (χ4n) is 3.76. The Hall–Kier alpha value is -2.25. The molecule has 1 saturated heterocycles. The zero-order chi connectivity index (χ0) is 22.7. The monoisotopic (exact) mass is 489 g/mol. The normalized spacial score (nSPS) is 16.4. The van der Waals surface area contributed by atoms with E-state index in [1.54, 1.807) is 30.0 Å². The maximum Gasteiger partial charge on any atom is 0.230 e. The third-order valence-corrected chi connectivity index (χ3v) is 6.62. The molecule has 1 unspecified atom stereocenters. The fraction of sp³-hybridized carbons (Fsp3) is 0.208. The summed E-state index contributed by atoms with van der Waals surface area (Å²) < 4.78 is 13.7. The summed E-state index contributed by atoms with van der Waals surface area (Å²) in [5, 5.41) is 8.04. The number of benzene rings is 3. The second kappa shape index (κ2) is 10.1. The van der Waals surface area contributed by atoms with Gasteiger partial charge < -0.3 is 10.3 Å². The molecule has 3 aromatic rings. The third-order valence-electron chi connectivity index (χ3n) is 5.34. The minimum Gasteiger partial charge on any atom is -0.326 e. The molecule has 8 heteroatoms. The van der Waals surface area contributed by atoms with Crippen LogP contribution in [0, 0.1) is 11.7 Å². The molecule has 1 amide bonds. The van der Waals surface area contributed by atoms with Crippen molar-refractivity contribution in [1.82, 2.24) is 5.01 Å². The van der Waals surface area contributed by atoms with Crippen LogP contribution in [0.5, 0.6) is 0 Å². The zero-order valence-corrected chi connectivity index (χ0v) is 19.7. The van der Waals surface area contributed by atoms with E-state index in [-0.39, 0.29) is 17.6 Å². The molecule has 0 radical (unpaired) electrons. The largest absolute Gasteiger partial charge is 0.326 e. The van der Waals surface area contributed by atoms with Gasteiger partial charge in [-0.25, -0.2) is 9.40 Å². The summed E-state index contributed by atoms with van der Waals surface area (Å²) in [4.78, 5) is 14.2. The molecule has 1 fully saturated rings. The molecule has 32 heavy (non-hydrogen) atoms. The molecule has 3 aromatic carbocycles. The Morgan fingerprint density at radius 3 is 2.56 bits per heavy atom. The van der Waals surface area contributed by atoms with Gasteiger partial charge in [-0.3, -0.25) is 4.79 Å². The van der Waals surface area contributed by atoms with Crippen molar-refractivity contribution in [1.29, 1.82) is 0 Å². The lowest BCUT2D eigenvalue weighted by Gasteiger charge is -2.30. The predicted octanol–water partition coefficient (Wildman–Crippen LogP) is 6.35. The van der Waals surface area contributed by atoms with Gasteiger partial charge in [0.1, 0.15) is 5.82 Å². The molecule has 1 atom stereocenters. The molecule has 0 spiro atoms. The van der Waals surface area contributed by atoms with Crippen LogP contribution >= 0.6 is 35.0 Å². The van der Waals surface area contributed by atoms with Crippen molar-refractivity contribution >= 4 is 52.2 Å². The van der Waals surface area contributed by atoms with E-state index in [0.717, 1.165) is 21.8 Å². The number of anilines is 2. The molecule has 0 aliphatic carbocycles. The van der Waals surface area contributed by atoms with Crippen LogP contribution in [0.3, 0.4) is 0 Å². The highest BCUT2D eigenvalue weighted by Crippen LogP contribution is 2.34. The number of rotatable bonds is 6. The molecule has 4 rings (SSSR count). The average molecular weight is 490 g/mol. The fourth-order valence-corrected chi connectivity index (χ4v) is 4.67. The van der Waals surface area contributed by atoms with Crippen LogP contribution in [-0.4, -0.2) is 30.3 Å². The number of carbonyl (C=O) groups excluding carboxylic acids is 1. The number of thioether (sulfide) groups is 1. The minimum absolute atomic E-state index is 0.0706. The van der Waals surface area contributed by atoms with Crippen LogP contribution in [0.15, 0.2) is 71.6 Å². The van der Waals surface area contributed by atoms with Crippen LogP contribution < -0.4 is 10.3 Å². The third kappa shape index (κ3) is 5.38. The lowest BCUT2D eigenvalue weighted by molar-refractivity contribution is -0.119. The van der Waals surface area contributed by atoms with Gasteiger partial charge in [-0.15, -0.1) is 11.8 Å². The predicted molar refractivity (Wildman–Crippen MR) is 131 cm³/mol. The van der Waals surface area contributed by atoms with Gasteiger partial charge in [0.25, 0.3) is 0 Å². The quantitative estimate of drug-likeness (QED) is 0.409. The van der Waals surface area contributed by atoms with Gasteiger partial charge in [0.15, 0.2) is 0 Å². The maximum atomic E-state index is 13.7. The number of hydrogen-bond donors (Lipinski definition) is 1. The van der Waals surface area contributed by atoms with E-state index in [9.17, 15) is 9.18 Å². The summed E-state index contributed by atoms with van der Waals surface area (Å²) in [6.07, 6.45) is 2.01. The van der Waals surface area contributed by atoms with Crippen LogP contribution in [0.2, 0.25) is 10.0 Å². The van der Waals surface area contributed by atoms with Gasteiger partial charge in [0.05, 0.1) is 16.6 Å². The Bertz CT molecular complexity index is 1110. The van der Waals surface area contributed by atoms with Gasteiger partial charge in [0, 0.05) is 35.2 Å². The molecule has 166 valence electrons. The lowest BCUT2D eigenvalue weighted by atomic mass is 10.1. The standard InChI is InChI=1S/C24H22Cl2FN3OS/c1-32-21-8-6-20(7-9-21)28-24(31)17-14-29(13-16-3-2-4-19(27)11-16)30(15-17)23-10-5-18(25)12-22(23)26/h2-12,17H,13-15H2,1H3,(H,28,31). The zero-order valence-electron chi connectivity index (χ0n) is 17.4. The van der Waals surface area contributed by atoms with Gasteiger partial charge in [-0.1, -0.05) is 35.3 Å². The second-order valence-electron chi connectivity index (χ2n) is 7.57. The van der Waals surface area contributed by atoms with Crippen LogP contribution in [0.1, 0.15) is 5.56 Å². The lowest BCUT2D eigenvalue weighted by Crippen LogP contribution is -2.36. The number of nitrogens with one attached hydrogen (secondary N) is 1. The van der Waals surface area contributed by atoms with Crippen molar-refractivity contribution in [3.05, 3.63) is 88.2 Å². The van der Waals surface area contributed by atoms with E-state index in [4.69, 9.17) is 23.2 Å². The molecule has 4 nitrogen and oxygen atoms in total. The van der Waals surface area contributed by atoms with Crippen LogP contribution in [-0.2, 0) is 11.3 Å². The van der Waals surface area contributed by atoms with Gasteiger partial charge >= 0.3 is 0 Å². The Morgan fingerprint density at radius 2 is 1.88 bits per heavy atom. The SMILES string of the molecule is CSc1ccc(NC(=O)C2CN(Cc3cccc(F)c3)N(c3ccc(Cl)cc3Cl)C2)cc1. The van der Waals surface area contributed by atoms with E-state index >= 15 is 0 Å². The van der Waals surface area contributed by atoms with Crippen molar-refractivity contribution in [3.8, 4) is 0 Å². The maximum absolute atomic E-state index is 13.7. The Kier molecular flexibility index (Phi) is 7.26. The van der Waals surface area contributed by atoms with Gasteiger partial charge in [-0.05, 0) is 66.4 Å². The number of hydrogen-bond acceptors (Lipinski definition) is 4. The number of amides is 1. The number of halogens is 3. The first-order valence-electron chi connectivity index (χ1n) is 10.1. The molecular weight excluding hydrogens is 468 g/mol. The first-order valence-corrected chi connectivity index (χ1v) is 12.1. The summed E-state index contributed by atoms with van der Waals surface area (Å²) in [7, 11) is 0. The van der Waals surface area contributed by atoms with Crippen molar-refractivity contribution in [2.45, 2.75) is 11.4 Å². The van der Waals surface area contributed by atoms with Crippen molar-refractivity contribution < 1.29 is 9.18 Å². The number of carbonyl (C=O) groups is 1. The highest BCUT2D eigenvalue weighted by molar-refractivity contribution is 7.98. The van der Waals surface area contributed by atoms with Gasteiger partial charge in [0.2, 0.25) is 5.91 Å². The Balaban J connectivity index is 1.56. The average Bonchev–Trinajstić information content (AvgIpc) is 3.18. The van der Waals surface area contributed by atoms with E-state index in [1.165, 1.54) is 12.1 Å². The van der Waals surface area contributed by atoms with Crippen molar-refractivity contribution in [3.63, 3.8) is 0 Å². The summed E-state index contributed by atoms with van der Waals surface area (Å²) in [5.74, 6) is -0.657. The molecule has 0 aromatic heterocycles. The summed E-state index contributed by atoms with van der Waals surface area (Å²) in [6, 6.07) is 19.5. The molecule has 1 aliphatic heterocycles.